The second kappa shape index (κ2) is 8.37. The molecule has 0 amide bonds. The number of para-hydroxylation sites is 2. The number of rotatable bonds is 6. The van der Waals surface area contributed by atoms with Crippen molar-refractivity contribution < 1.29 is 14.2 Å². The fraction of sp³-hybridized carbons (Fsp3) is 0.429. The van der Waals surface area contributed by atoms with E-state index < -0.39 is 0 Å². The van der Waals surface area contributed by atoms with Crippen molar-refractivity contribution in [2.45, 2.75) is 32.1 Å². The van der Waals surface area contributed by atoms with Gasteiger partial charge in [0.05, 0.1) is 13.7 Å². The predicted molar refractivity (Wildman–Crippen MR) is 99.3 cm³/mol. The van der Waals surface area contributed by atoms with E-state index in [2.05, 4.69) is 24.8 Å². The normalized spacial score (nSPS) is 19.6. The zero-order chi connectivity index (χ0) is 17.6. The smallest absolute Gasteiger partial charge is 0.155 e. The largest absolute Gasteiger partial charge is 0.496 e. The third-order valence-electron chi connectivity index (χ3n) is 4.64. The van der Waals surface area contributed by atoms with Crippen LogP contribution >= 0.6 is 0 Å². The number of nitrogens with zero attached hydrogens (tertiary/aromatic N) is 1. The molecule has 1 fully saturated rings. The molecule has 0 radical (unpaired) electrons. The third-order valence-corrected chi connectivity index (χ3v) is 4.64. The first-order valence-electron chi connectivity index (χ1n) is 8.89. The van der Waals surface area contributed by atoms with Crippen LogP contribution in [0.15, 0.2) is 54.6 Å². The molecule has 0 bridgehead atoms. The summed E-state index contributed by atoms with van der Waals surface area (Å²) in [5.74, 6) is 1.66. The van der Waals surface area contributed by atoms with Crippen molar-refractivity contribution >= 4 is 0 Å². The summed E-state index contributed by atoms with van der Waals surface area (Å²) >= 11 is 0. The Morgan fingerprint density at radius 2 is 1.76 bits per heavy atom. The molecule has 2 atom stereocenters. The molecule has 4 nitrogen and oxygen atoms in total. The highest BCUT2D eigenvalue weighted by Gasteiger charge is 2.33. The molecular formula is C21H27NO3. The molecule has 0 saturated carbocycles. The van der Waals surface area contributed by atoms with Crippen LogP contribution in [0.5, 0.6) is 11.5 Å². The molecule has 1 heterocycles. The standard InChI is InChI=1S/C21H27NO3/c1-16(2)22-13-14-24-20(15-22)21(25-17-9-5-4-6-10-17)18-11-7-8-12-19(18)23-3/h4-12,16,20-21H,13-15H2,1-3H3. The molecule has 0 aliphatic carbocycles. The summed E-state index contributed by atoms with van der Waals surface area (Å²) in [5, 5.41) is 0. The lowest BCUT2D eigenvalue weighted by atomic mass is 10.0. The Kier molecular flexibility index (Phi) is 5.95. The number of ether oxygens (including phenoxy) is 3. The summed E-state index contributed by atoms with van der Waals surface area (Å²) in [6.45, 7) is 6.95. The first-order chi connectivity index (χ1) is 12.2. The maximum absolute atomic E-state index is 6.38. The molecule has 1 aliphatic rings. The van der Waals surface area contributed by atoms with Crippen molar-refractivity contribution in [1.82, 2.24) is 4.90 Å². The van der Waals surface area contributed by atoms with E-state index in [1.165, 1.54) is 0 Å². The Bertz CT molecular complexity index is 659. The molecule has 3 rings (SSSR count). The maximum atomic E-state index is 6.38. The van der Waals surface area contributed by atoms with Crippen molar-refractivity contribution in [1.29, 1.82) is 0 Å². The summed E-state index contributed by atoms with van der Waals surface area (Å²) in [5.41, 5.74) is 1.02. The van der Waals surface area contributed by atoms with E-state index in [9.17, 15) is 0 Å². The van der Waals surface area contributed by atoms with Crippen molar-refractivity contribution in [3.05, 3.63) is 60.2 Å². The van der Waals surface area contributed by atoms with Crippen molar-refractivity contribution in [3.63, 3.8) is 0 Å². The molecule has 1 aliphatic heterocycles. The molecule has 4 heteroatoms. The second-order valence-electron chi connectivity index (χ2n) is 6.59. The van der Waals surface area contributed by atoms with Gasteiger partial charge in [0, 0.05) is 24.7 Å². The van der Waals surface area contributed by atoms with Gasteiger partial charge in [-0.1, -0.05) is 36.4 Å². The molecule has 1 saturated heterocycles. The second-order valence-corrected chi connectivity index (χ2v) is 6.59. The highest BCUT2D eigenvalue weighted by atomic mass is 16.5. The number of morpholine rings is 1. The van der Waals surface area contributed by atoms with Crippen LogP contribution in [-0.4, -0.2) is 43.9 Å². The van der Waals surface area contributed by atoms with E-state index in [0.29, 0.717) is 12.6 Å². The Morgan fingerprint density at radius 3 is 2.48 bits per heavy atom. The molecule has 0 N–H and O–H groups in total. The Labute approximate surface area is 150 Å². The van der Waals surface area contributed by atoms with Crippen LogP contribution in [0, 0.1) is 0 Å². The van der Waals surface area contributed by atoms with Gasteiger partial charge in [-0.25, -0.2) is 0 Å². The highest BCUT2D eigenvalue weighted by Crippen LogP contribution is 2.34. The lowest BCUT2D eigenvalue weighted by Crippen LogP contribution is -2.48. The topological polar surface area (TPSA) is 30.9 Å². The minimum atomic E-state index is -0.222. The Morgan fingerprint density at radius 1 is 1.04 bits per heavy atom. The summed E-state index contributed by atoms with van der Waals surface area (Å²) in [6, 6.07) is 18.4. The number of hydrogen-bond acceptors (Lipinski definition) is 4. The van der Waals surface area contributed by atoms with Gasteiger partial charge in [-0.3, -0.25) is 4.90 Å². The number of hydrogen-bond donors (Lipinski definition) is 0. The molecular weight excluding hydrogens is 314 g/mol. The zero-order valence-corrected chi connectivity index (χ0v) is 15.2. The Balaban J connectivity index is 1.91. The van der Waals surface area contributed by atoms with Crippen molar-refractivity contribution in [2.75, 3.05) is 26.8 Å². The van der Waals surface area contributed by atoms with Gasteiger partial charge in [0.25, 0.3) is 0 Å². The van der Waals surface area contributed by atoms with Gasteiger partial charge >= 0.3 is 0 Å². The molecule has 134 valence electrons. The van der Waals surface area contributed by atoms with Crippen LogP contribution in [-0.2, 0) is 4.74 Å². The van der Waals surface area contributed by atoms with E-state index in [-0.39, 0.29) is 12.2 Å². The minimum absolute atomic E-state index is 0.0485. The lowest BCUT2D eigenvalue weighted by Gasteiger charge is -2.39. The van der Waals surface area contributed by atoms with Gasteiger partial charge in [0.15, 0.2) is 6.10 Å². The van der Waals surface area contributed by atoms with Gasteiger partial charge in [-0.05, 0) is 32.0 Å². The summed E-state index contributed by atoms with van der Waals surface area (Å²) in [4.78, 5) is 2.44. The lowest BCUT2D eigenvalue weighted by molar-refractivity contribution is -0.0889. The van der Waals surface area contributed by atoms with Gasteiger partial charge < -0.3 is 14.2 Å². The molecule has 2 aromatic rings. The molecule has 2 unspecified atom stereocenters. The van der Waals surface area contributed by atoms with Gasteiger partial charge in [-0.2, -0.15) is 0 Å². The van der Waals surface area contributed by atoms with Crippen LogP contribution in [0.25, 0.3) is 0 Å². The SMILES string of the molecule is COc1ccccc1C(Oc1ccccc1)C1CN(C(C)C)CCO1. The van der Waals surface area contributed by atoms with Crippen LogP contribution in [0.2, 0.25) is 0 Å². The van der Waals surface area contributed by atoms with Crippen LogP contribution in [0.1, 0.15) is 25.5 Å². The van der Waals surface area contributed by atoms with E-state index in [4.69, 9.17) is 14.2 Å². The third kappa shape index (κ3) is 4.33. The van der Waals surface area contributed by atoms with E-state index in [1.54, 1.807) is 7.11 Å². The molecule has 25 heavy (non-hydrogen) atoms. The Hall–Kier alpha value is -2.04. The van der Waals surface area contributed by atoms with E-state index >= 15 is 0 Å². The first-order valence-corrected chi connectivity index (χ1v) is 8.89. The van der Waals surface area contributed by atoms with Crippen molar-refractivity contribution in [3.8, 4) is 11.5 Å². The van der Waals surface area contributed by atoms with E-state index in [1.807, 2.05) is 48.5 Å². The van der Waals surface area contributed by atoms with Crippen LogP contribution in [0.4, 0.5) is 0 Å². The molecule has 0 spiro atoms. The number of methoxy groups -OCH3 is 1. The fourth-order valence-corrected chi connectivity index (χ4v) is 3.24. The van der Waals surface area contributed by atoms with Gasteiger partial charge in [0.2, 0.25) is 0 Å². The zero-order valence-electron chi connectivity index (χ0n) is 15.2. The highest BCUT2D eigenvalue weighted by molar-refractivity contribution is 5.37. The minimum Gasteiger partial charge on any atom is -0.496 e. The maximum Gasteiger partial charge on any atom is 0.155 e. The van der Waals surface area contributed by atoms with E-state index in [0.717, 1.165) is 30.2 Å². The van der Waals surface area contributed by atoms with Crippen LogP contribution in [0.3, 0.4) is 0 Å². The average molecular weight is 341 g/mol. The molecule has 2 aromatic carbocycles. The number of benzene rings is 2. The average Bonchev–Trinajstić information content (AvgIpc) is 2.67. The molecule has 0 aromatic heterocycles. The van der Waals surface area contributed by atoms with Gasteiger partial charge in [-0.15, -0.1) is 0 Å². The predicted octanol–water partition coefficient (Wildman–Crippen LogP) is 3.92. The van der Waals surface area contributed by atoms with Crippen LogP contribution < -0.4 is 9.47 Å². The summed E-state index contributed by atoms with van der Waals surface area (Å²) in [7, 11) is 1.69. The van der Waals surface area contributed by atoms with Crippen molar-refractivity contribution in [2.24, 2.45) is 0 Å². The quantitative estimate of drug-likeness (QED) is 0.797. The van der Waals surface area contributed by atoms with Gasteiger partial charge in [0.1, 0.15) is 17.6 Å². The monoisotopic (exact) mass is 341 g/mol. The summed E-state index contributed by atoms with van der Waals surface area (Å²) in [6.07, 6.45) is -0.271. The first kappa shape index (κ1) is 17.8. The summed E-state index contributed by atoms with van der Waals surface area (Å²) < 4.78 is 18.1. The fourth-order valence-electron chi connectivity index (χ4n) is 3.24.